The Hall–Kier alpha value is -4.22. The van der Waals surface area contributed by atoms with E-state index < -0.39 is 24.1 Å². The molecular formula is C22H19F3N4O5. The molecule has 0 aliphatic carbocycles. The van der Waals surface area contributed by atoms with Crippen LogP contribution in [0.25, 0.3) is 0 Å². The van der Waals surface area contributed by atoms with Crippen LogP contribution in [0.2, 0.25) is 0 Å². The first kappa shape index (κ1) is 23.0. The standard InChI is InChI=1S/C22H19F3N4O5/c1-32-16-6-2-4-14(10-16)12-28-8-9-29-18(13-33-21(29)27-20(28)31)19(30)26-15-5-3-7-17(11-15)34-22(23,24)25/h2-7,10-11,13H,8-9,12H2,1H3,(H,26,30). The van der Waals surface area contributed by atoms with Gasteiger partial charge >= 0.3 is 18.4 Å². The Labute approximate surface area is 192 Å². The third-order valence-electron chi connectivity index (χ3n) is 4.92. The van der Waals surface area contributed by atoms with Crippen molar-refractivity contribution in [3.63, 3.8) is 0 Å². The number of hydrogen-bond acceptors (Lipinski definition) is 6. The topological polar surface area (TPSA) is 92.7 Å². The van der Waals surface area contributed by atoms with Crippen LogP contribution in [-0.2, 0) is 16.1 Å². The van der Waals surface area contributed by atoms with Crippen LogP contribution in [0.5, 0.6) is 11.5 Å². The number of methoxy groups -OCH3 is 1. The molecule has 2 aromatic rings. The number of carbonyl (C=O) groups excluding carboxylic acids is 2. The van der Waals surface area contributed by atoms with Gasteiger partial charge in [-0.1, -0.05) is 18.2 Å². The number of nitrogens with zero attached hydrogens (tertiary/aromatic N) is 3. The molecule has 12 heteroatoms. The highest BCUT2D eigenvalue weighted by Crippen LogP contribution is 2.26. The van der Waals surface area contributed by atoms with Crippen LogP contribution in [-0.4, -0.2) is 54.3 Å². The van der Waals surface area contributed by atoms with Crippen LogP contribution in [0.1, 0.15) is 5.56 Å². The monoisotopic (exact) mass is 476 g/mol. The van der Waals surface area contributed by atoms with E-state index in [9.17, 15) is 22.8 Å². The van der Waals surface area contributed by atoms with Crippen molar-refractivity contribution in [1.82, 2.24) is 9.80 Å². The minimum absolute atomic E-state index is 0.0527. The first-order chi connectivity index (χ1) is 16.2. The molecule has 2 aromatic carbocycles. The summed E-state index contributed by atoms with van der Waals surface area (Å²) in [5.41, 5.74) is 0.978. The molecule has 0 spiro atoms. The molecule has 0 bridgehead atoms. The third kappa shape index (κ3) is 5.39. The summed E-state index contributed by atoms with van der Waals surface area (Å²) in [6.07, 6.45) is -3.72. The fourth-order valence-electron chi connectivity index (χ4n) is 3.39. The Bertz CT molecular complexity index is 1170. The largest absolute Gasteiger partial charge is 0.573 e. The Balaban J connectivity index is 1.43. The maximum absolute atomic E-state index is 12.8. The van der Waals surface area contributed by atoms with Crippen LogP contribution in [0.3, 0.4) is 0 Å². The van der Waals surface area contributed by atoms with Crippen LogP contribution in [0, 0.1) is 0 Å². The number of anilines is 1. The summed E-state index contributed by atoms with van der Waals surface area (Å²) in [5.74, 6) is -0.470. The first-order valence-corrected chi connectivity index (χ1v) is 10.0. The van der Waals surface area contributed by atoms with E-state index >= 15 is 0 Å². The second-order valence-corrected chi connectivity index (χ2v) is 7.25. The number of fused-ring (bicyclic) bond motifs is 1. The van der Waals surface area contributed by atoms with Crippen LogP contribution in [0.15, 0.2) is 65.5 Å². The van der Waals surface area contributed by atoms with Gasteiger partial charge in [-0.2, -0.15) is 0 Å². The third-order valence-corrected chi connectivity index (χ3v) is 4.92. The second kappa shape index (κ2) is 9.33. The van der Waals surface area contributed by atoms with Crippen molar-refractivity contribution in [3.8, 4) is 11.5 Å². The van der Waals surface area contributed by atoms with Crippen molar-refractivity contribution in [2.75, 3.05) is 25.5 Å². The van der Waals surface area contributed by atoms with Gasteiger partial charge in [0.1, 0.15) is 23.5 Å². The molecule has 3 amide bonds. The molecule has 2 heterocycles. The molecule has 178 valence electrons. The van der Waals surface area contributed by atoms with Gasteiger partial charge in [0.05, 0.1) is 7.11 Å². The summed E-state index contributed by atoms with van der Waals surface area (Å²) in [6.45, 7) is 0.731. The average Bonchev–Trinajstić information content (AvgIpc) is 3.11. The maximum Gasteiger partial charge on any atom is 0.573 e. The lowest BCUT2D eigenvalue weighted by Crippen LogP contribution is -2.36. The number of amidine groups is 1. The first-order valence-electron chi connectivity index (χ1n) is 10.0. The van der Waals surface area contributed by atoms with Crippen LogP contribution in [0.4, 0.5) is 23.7 Å². The van der Waals surface area contributed by atoms with Gasteiger partial charge in [-0.3, -0.25) is 9.69 Å². The summed E-state index contributed by atoms with van der Waals surface area (Å²) in [5, 5.41) is 2.49. The molecular weight excluding hydrogens is 457 g/mol. The van der Waals surface area contributed by atoms with Gasteiger partial charge in [-0.15, -0.1) is 18.2 Å². The van der Waals surface area contributed by atoms with Gasteiger partial charge in [0.2, 0.25) is 0 Å². The lowest BCUT2D eigenvalue weighted by Gasteiger charge is -2.21. The van der Waals surface area contributed by atoms with E-state index in [1.165, 1.54) is 21.9 Å². The number of aliphatic imine (C=N–C) groups is 1. The van der Waals surface area contributed by atoms with Gasteiger partial charge in [-0.25, -0.2) is 4.79 Å². The number of hydrogen-bond donors (Lipinski definition) is 1. The fourth-order valence-corrected chi connectivity index (χ4v) is 3.39. The molecule has 9 nitrogen and oxygen atoms in total. The molecule has 1 N–H and O–H groups in total. The highest BCUT2D eigenvalue weighted by atomic mass is 19.4. The molecule has 4 rings (SSSR count). The molecule has 2 aliphatic rings. The molecule has 0 unspecified atom stereocenters. The number of ether oxygens (including phenoxy) is 3. The number of alkyl halides is 3. The molecule has 2 aliphatic heterocycles. The van der Waals surface area contributed by atoms with E-state index in [-0.39, 0.29) is 37.0 Å². The predicted octanol–water partition coefficient (Wildman–Crippen LogP) is 3.70. The summed E-state index contributed by atoms with van der Waals surface area (Å²) in [7, 11) is 1.55. The molecule has 0 aromatic heterocycles. The lowest BCUT2D eigenvalue weighted by atomic mass is 10.2. The Morgan fingerprint density at radius 3 is 2.68 bits per heavy atom. The summed E-state index contributed by atoms with van der Waals surface area (Å²) in [6, 6.07) is 11.5. The van der Waals surface area contributed by atoms with Crippen molar-refractivity contribution in [1.29, 1.82) is 0 Å². The van der Waals surface area contributed by atoms with Gasteiger partial charge in [0.25, 0.3) is 5.91 Å². The molecule has 0 saturated carbocycles. The van der Waals surface area contributed by atoms with Crippen molar-refractivity contribution in [2.24, 2.45) is 4.99 Å². The van der Waals surface area contributed by atoms with Crippen LogP contribution >= 0.6 is 0 Å². The molecule has 0 fully saturated rings. The Kier molecular flexibility index (Phi) is 6.30. The van der Waals surface area contributed by atoms with Crippen LogP contribution < -0.4 is 14.8 Å². The second-order valence-electron chi connectivity index (χ2n) is 7.25. The molecule has 34 heavy (non-hydrogen) atoms. The van der Waals surface area contributed by atoms with E-state index in [0.29, 0.717) is 5.75 Å². The lowest BCUT2D eigenvalue weighted by molar-refractivity contribution is -0.274. The number of benzene rings is 2. The number of amides is 3. The summed E-state index contributed by atoms with van der Waals surface area (Å²) >= 11 is 0. The highest BCUT2D eigenvalue weighted by molar-refractivity contribution is 6.08. The van der Waals surface area contributed by atoms with Crippen molar-refractivity contribution < 1.29 is 37.0 Å². The summed E-state index contributed by atoms with van der Waals surface area (Å²) in [4.78, 5) is 32.3. The number of halogens is 3. The minimum atomic E-state index is -4.86. The average molecular weight is 476 g/mol. The van der Waals surface area contributed by atoms with E-state index in [0.717, 1.165) is 24.0 Å². The molecule has 0 radical (unpaired) electrons. The predicted molar refractivity (Wildman–Crippen MR) is 114 cm³/mol. The van der Waals surface area contributed by atoms with E-state index in [4.69, 9.17) is 9.47 Å². The Morgan fingerprint density at radius 1 is 1.15 bits per heavy atom. The zero-order chi connectivity index (χ0) is 24.3. The van der Waals surface area contributed by atoms with Gasteiger partial charge < -0.3 is 24.4 Å². The van der Waals surface area contributed by atoms with Gasteiger partial charge in [0.15, 0.2) is 0 Å². The van der Waals surface area contributed by atoms with Crippen molar-refractivity contribution in [3.05, 3.63) is 66.1 Å². The quantitative estimate of drug-likeness (QED) is 0.684. The molecule has 0 saturated heterocycles. The number of rotatable bonds is 6. The molecule has 0 atom stereocenters. The smallest absolute Gasteiger partial charge is 0.497 e. The van der Waals surface area contributed by atoms with Gasteiger partial charge in [0, 0.05) is 31.4 Å². The maximum atomic E-state index is 12.8. The van der Waals surface area contributed by atoms with Gasteiger partial charge in [-0.05, 0) is 29.8 Å². The normalized spacial score (nSPS) is 15.6. The number of nitrogens with one attached hydrogen (secondary N) is 1. The van der Waals surface area contributed by atoms with E-state index in [2.05, 4.69) is 15.0 Å². The minimum Gasteiger partial charge on any atom is -0.497 e. The zero-order valence-corrected chi connectivity index (χ0v) is 17.8. The highest BCUT2D eigenvalue weighted by Gasteiger charge is 2.34. The van der Waals surface area contributed by atoms with E-state index in [1.54, 1.807) is 19.2 Å². The van der Waals surface area contributed by atoms with Crippen molar-refractivity contribution >= 4 is 23.6 Å². The zero-order valence-electron chi connectivity index (χ0n) is 17.8. The SMILES string of the molecule is COc1cccc(CN2CCN3C(C(=O)Nc4cccc(OC(F)(F)F)c4)=COC3=NC2=O)c1. The number of carbonyl (C=O) groups is 2. The number of urea groups is 1. The fraction of sp³-hybridized carbons (Fsp3) is 0.227. The Morgan fingerprint density at radius 2 is 1.91 bits per heavy atom. The van der Waals surface area contributed by atoms with E-state index in [1.807, 2.05) is 12.1 Å². The van der Waals surface area contributed by atoms with Crippen molar-refractivity contribution in [2.45, 2.75) is 12.9 Å². The summed E-state index contributed by atoms with van der Waals surface area (Å²) < 4.78 is 51.7.